The van der Waals surface area contributed by atoms with Gasteiger partial charge < -0.3 is 10.1 Å². The predicted octanol–water partition coefficient (Wildman–Crippen LogP) is 4.97. The van der Waals surface area contributed by atoms with Gasteiger partial charge in [0.1, 0.15) is 5.75 Å². The Hall–Kier alpha value is -0.440. The summed E-state index contributed by atoms with van der Waals surface area (Å²) in [5.74, 6) is 0.919. The van der Waals surface area contributed by atoms with E-state index < -0.39 is 0 Å². The molecule has 0 saturated heterocycles. The van der Waals surface area contributed by atoms with E-state index in [0.717, 1.165) is 22.9 Å². The van der Waals surface area contributed by atoms with Crippen LogP contribution in [0.1, 0.15) is 50.5 Å². The van der Waals surface area contributed by atoms with E-state index in [2.05, 4.69) is 5.32 Å². The first-order valence-corrected chi connectivity index (χ1v) is 7.73. The van der Waals surface area contributed by atoms with Gasteiger partial charge in [-0.1, -0.05) is 43.7 Å². The van der Waals surface area contributed by atoms with Gasteiger partial charge in [-0.3, -0.25) is 0 Å². The molecule has 0 bridgehead atoms. The molecule has 20 heavy (non-hydrogen) atoms. The molecule has 0 aromatic heterocycles. The second kappa shape index (κ2) is 9.49. The summed E-state index contributed by atoms with van der Waals surface area (Å²) in [5, 5.41) is 4.44. The van der Waals surface area contributed by atoms with Crippen LogP contribution in [-0.4, -0.2) is 13.2 Å². The van der Waals surface area contributed by atoms with Crippen molar-refractivity contribution in [1.29, 1.82) is 0 Å². The zero-order chi connectivity index (χ0) is 13.5. The molecule has 0 heterocycles. The smallest absolute Gasteiger partial charge is 0.123 e. The molecule has 114 valence electrons. The maximum Gasteiger partial charge on any atom is 0.123 e. The molecule has 1 N–H and O–H groups in total. The van der Waals surface area contributed by atoms with E-state index in [9.17, 15) is 0 Å². The van der Waals surface area contributed by atoms with Crippen molar-refractivity contribution in [3.8, 4) is 5.75 Å². The minimum Gasteiger partial charge on any atom is -0.496 e. The summed E-state index contributed by atoms with van der Waals surface area (Å²) in [6.07, 6.45) is 9.48. The fraction of sp³-hybridized carbons (Fsp3) is 0.625. The maximum absolute atomic E-state index is 6.06. The molecule has 0 atom stereocenters. The highest BCUT2D eigenvalue weighted by molar-refractivity contribution is 6.30. The monoisotopic (exact) mass is 317 g/mol. The van der Waals surface area contributed by atoms with Crippen molar-refractivity contribution in [2.45, 2.75) is 57.5 Å². The molecule has 1 fully saturated rings. The van der Waals surface area contributed by atoms with E-state index in [4.69, 9.17) is 16.3 Å². The SMILES string of the molecule is COc1ccc(Cl)cc1CNC1CCCCCCC1.Cl. The fourth-order valence-corrected chi connectivity index (χ4v) is 2.99. The summed E-state index contributed by atoms with van der Waals surface area (Å²) >= 11 is 6.06. The molecule has 0 amide bonds. The maximum atomic E-state index is 6.06. The van der Waals surface area contributed by atoms with Crippen molar-refractivity contribution in [1.82, 2.24) is 5.32 Å². The number of benzene rings is 1. The Kier molecular flexibility index (Phi) is 8.35. The Bertz CT molecular complexity index is 390. The lowest BCUT2D eigenvalue weighted by Gasteiger charge is -2.21. The third-order valence-corrected chi connectivity index (χ3v) is 4.16. The quantitative estimate of drug-likeness (QED) is 0.846. The lowest BCUT2D eigenvalue weighted by atomic mass is 9.96. The highest BCUT2D eigenvalue weighted by Crippen LogP contribution is 2.23. The number of hydrogen-bond acceptors (Lipinski definition) is 2. The van der Waals surface area contributed by atoms with Gasteiger partial charge in [0.15, 0.2) is 0 Å². The highest BCUT2D eigenvalue weighted by Gasteiger charge is 2.12. The molecule has 1 aliphatic rings. The number of ether oxygens (including phenoxy) is 1. The Morgan fingerprint density at radius 3 is 2.45 bits per heavy atom. The number of halogens is 2. The van der Waals surface area contributed by atoms with Gasteiger partial charge in [0.25, 0.3) is 0 Å². The molecule has 0 spiro atoms. The van der Waals surface area contributed by atoms with Gasteiger partial charge >= 0.3 is 0 Å². The van der Waals surface area contributed by atoms with E-state index >= 15 is 0 Å². The molecule has 2 nitrogen and oxygen atoms in total. The minimum atomic E-state index is 0. The summed E-state index contributed by atoms with van der Waals surface area (Å²) in [6.45, 7) is 0.842. The van der Waals surface area contributed by atoms with Crippen LogP contribution in [0.5, 0.6) is 5.75 Å². The molecule has 0 radical (unpaired) electrons. The van der Waals surface area contributed by atoms with Crippen LogP contribution in [0.4, 0.5) is 0 Å². The van der Waals surface area contributed by atoms with Crippen LogP contribution in [0.2, 0.25) is 5.02 Å². The van der Waals surface area contributed by atoms with Crippen molar-refractivity contribution >= 4 is 24.0 Å². The molecule has 1 aliphatic carbocycles. The van der Waals surface area contributed by atoms with Crippen LogP contribution in [-0.2, 0) is 6.54 Å². The van der Waals surface area contributed by atoms with Crippen molar-refractivity contribution in [3.05, 3.63) is 28.8 Å². The Morgan fingerprint density at radius 2 is 1.80 bits per heavy atom. The number of methoxy groups -OCH3 is 1. The first kappa shape index (κ1) is 17.6. The predicted molar refractivity (Wildman–Crippen MR) is 88.2 cm³/mol. The molecule has 0 unspecified atom stereocenters. The zero-order valence-corrected chi connectivity index (χ0v) is 13.7. The fourth-order valence-electron chi connectivity index (χ4n) is 2.80. The van der Waals surface area contributed by atoms with Gasteiger partial charge in [0, 0.05) is 23.2 Å². The highest BCUT2D eigenvalue weighted by atomic mass is 35.5. The van der Waals surface area contributed by atoms with Gasteiger partial charge in [-0.2, -0.15) is 0 Å². The van der Waals surface area contributed by atoms with Gasteiger partial charge in [0.05, 0.1) is 7.11 Å². The van der Waals surface area contributed by atoms with Crippen molar-refractivity contribution in [2.24, 2.45) is 0 Å². The minimum absolute atomic E-state index is 0. The number of nitrogens with one attached hydrogen (secondary N) is 1. The van der Waals surface area contributed by atoms with Crippen molar-refractivity contribution in [3.63, 3.8) is 0 Å². The average Bonchev–Trinajstić information content (AvgIpc) is 2.37. The zero-order valence-electron chi connectivity index (χ0n) is 12.2. The van der Waals surface area contributed by atoms with Crippen LogP contribution >= 0.6 is 24.0 Å². The van der Waals surface area contributed by atoms with Crippen LogP contribution in [0.3, 0.4) is 0 Å². The van der Waals surface area contributed by atoms with Crippen molar-refractivity contribution in [2.75, 3.05) is 7.11 Å². The van der Waals surface area contributed by atoms with Gasteiger partial charge in [-0.05, 0) is 31.0 Å². The Morgan fingerprint density at radius 1 is 1.15 bits per heavy atom. The largest absolute Gasteiger partial charge is 0.496 e. The molecule has 1 aromatic rings. The third-order valence-electron chi connectivity index (χ3n) is 3.93. The number of hydrogen-bond donors (Lipinski definition) is 1. The lowest BCUT2D eigenvalue weighted by molar-refractivity contribution is 0.378. The van der Waals surface area contributed by atoms with E-state index in [0.29, 0.717) is 6.04 Å². The molecule has 4 heteroatoms. The average molecular weight is 318 g/mol. The second-order valence-electron chi connectivity index (χ2n) is 5.38. The second-order valence-corrected chi connectivity index (χ2v) is 5.82. The summed E-state index contributed by atoms with van der Waals surface area (Å²) in [5.41, 5.74) is 1.15. The summed E-state index contributed by atoms with van der Waals surface area (Å²) in [6, 6.07) is 6.46. The van der Waals surface area contributed by atoms with Gasteiger partial charge in [-0.25, -0.2) is 0 Å². The first-order chi connectivity index (χ1) is 9.29. The Labute approximate surface area is 133 Å². The molecule has 1 aromatic carbocycles. The van der Waals surface area contributed by atoms with Crippen LogP contribution < -0.4 is 10.1 Å². The number of rotatable bonds is 4. The van der Waals surface area contributed by atoms with Crippen LogP contribution in [0, 0.1) is 0 Å². The van der Waals surface area contributed by atoms with Gasteiger partial charge in [-0.15, -0.1) is 12.4 Å². The summed E-state index contributed by atoms with van der Waals surface area (Å²) < 4.78 is 5.39. The standard InChI is InChI=1S/C16H24ClNO.ClH/c1-19-16-10-9-14(17)11-13(16)12-18-15-7-5-3-2-4-6-8-15;/h9-11,15,18H,2-8,12H2,1H3;1H. The summed E-state index contributed by atoms with van der Waals surface area (Å²) in [7, 11) is 1.71. The van der Waals surface area contributed by atoms with Crippen LogP contribution in [0.25, 0.3) is 0 Å². The van der Waals surface area contributed by atoms with E-state index in [1.165, 1.54) is 44.9 Å². The molecular formula is C16H25Cl2NO. The van der Waals surface area contributed by atoms with Crippen LogP contribution in [0.15, 0.2) is 18.2 Å². The topological polar surface area (TPSA) is 21.3 Å². The molecule has 0 aliphatic heterocycles. The third kappa shape index (κ3) is 5.51. The van der Waals surface area contributed by atoms with E-state index in [1.807, 2.05) is 18.2 Å². The molecular weight excluding hydrogens is 293 g/mol. The molecule has 2 rings (SSSR count). The van der Waals surface area contributed by atoms with E-state index in [1.54, 1.807) is 7.11 Å². The van der Waals surface area contributed by atoms with Crippen molar-refractivity contribution < 1.29 is 4.74 Å². The van der Waals surface area contributed by atoms with E-state index in [-0.39, 0.29) is 12.4 Å². The lowest BCUT2D eigenvalue weighted by Crippen LogP contribution is -2.29. The Balaban J connectivity index is 0.00000200. The normalized spacial score (nSPS) is 16.9. The first-order valence-electron chi connectivity index (χ1n) is 7.35. The summed E-state index contributed by atoms with van der Waals surface area (Å²) in [4.78, 5) is 0. The van der Waals surface area contributed by atoms with Gasteiger partial charge in [0.2, 0.25) is 0 Å². The molecule has 1 saturated carbocycles.